The highest BCUT2D eigenvalue weighted by molar-refractivity contribution is 7.71. The van der Waals surface area contributed by atoms with E-state index in [1.54, 1.807) is 17.7 Å². The molecule has 0 aliphatic rings. The van der Waals surface area contributed by atoms with E-state index in [9.17, 15) is 4.79 Å². The molecule has 0 amide bonds. The topological polar surface area (TPSA) is 44.9 Å². The fraction of sp³-hybridized carbons (Fsp3) is 0.176. The number of imidazole rings is 1. The van der Waals surface area contributed by atoms with E-state index in [0.29, 0.717) is 15.5 Å². The number of esters is 1. The summed E-state index contributed by atoms with van der Waals surface area (Å²) in [5, 5.41) is 0.578. The molecular formula is C17H15ClN2O3S. The first kappa shape index (κ1) is 16.5. The lowest BCUT2D eigenvalue weighted by Gasteiger charge is -2.08. The summed E-state index contributed by atoms with van der Waals surface area (Å²) in [6, 6.07) is 9.36. The summed E-state index contributed by atoms with van der Waals surface area (Å²) in [6.07, 6.45) is 3.68. The average molecular weight is 363 g/mol. The Balaban J connectivity index is 2.18. The molecule has 24 heavy (non-hydrogen) atoms. The van der Waals surface area contributed by atoms with Crippen molar-refractivity contribution < 1.29 is 14.3 Å². The summed E-state index contributed by atoms with van der Waals surface area (Å²) in [6.45, 7) is 0.0623. The third kappa shape index (κ3) is 2.90. The van der Waals surface area contributed by atoms with Gasteiger partial charge in [-0.25, -0.2) is 0 Å². The minimum absolute atomic E-state index is 0.0623. The van der Waals surface area contributed by atoms with Crippen LogP contribution in [-0.2, 0) is 16.1 Å². The Kier molecular flexibility index (Phi) is 4.59. The van der Waals surface area contributed by atoms with Gasteiger partial charge in [0, 0.05) is 23.5 Å². The fourth-order valence-electron chi connectivity index (χ4n) is 2.55. The van der Waals surface area contributed by atoms with E-state index in [1.807, 2.05) is 41.1 Å². The number of nitrogens with zero attached hydrogens (tertiary/aromatic N) is 2. The first-order valence-electron chi connectivity index (χ1n) is 7.16. The van der Waals surface area contributed by atoms with E-state index in [0.717, 1.165) is 16.6 Å². The Hall–Kier alpha value is -2.31. The minimum Gasteiger partial charge on any atom is -0.497 e. The molecule has 0 saturated heterocycles. The number of ether oxygens (including phenoxy) is 2. The van der Waals surface area contributed by atoms with E-state index in [-0.39, 0.29) is 12.5 Å². The van der Waals surface area contributed by atoms with Gasteiger partial charge in [0.2, 0.25) is 0 Å². The molecule has 3 rings (SSSR count). The molecule has 3 aromatic rings. The van der Waals surface area contributed by atoms with Gasteiger partial charge >= 0.3 is 5.97 Å². The monoisotopic (exact) mass is 362 g/mol. The highest BCUT2D eigenvalue weighted by Gasteiger charge is 2.13. The Morgan fingerprint density at radius 3 is 2.71 bits per heavy atom. The van der Waals surface area contributed by atoms with Crippen LogP contribution in [0.4, 0.5) is 0 Å². The van der Waals surface area contributed by atoms with Gasteiger partial charge in [0.1, 0.15) is 12.3 Å². The van der Waals surface area contributed by atoms with Crippen LogP contribution in [0.2, 0.25) is 5.02 Å². The summed E-state index contributed by atoms with van der Waals surface area (Å²) in [7, 11) is 2.95. The normalized spacial score (nSPS) is 10.8. The second-order valence-corrected chi connectivity index (χ2v) is 5.91. The number of rotatable bonds is 4. The van der Waals surface area contributed by atoms with Crippen LogP contribution in [-0.4, -0.2) is 29.2 Å². The van der Waals surface area contributed by atoms with Crippen molar-refractivity contribution in [2.24, 2.45) is 0 Å². The van der Waals surface area contributed by atoms with Gasteiger partial charge < -0.3 is 14.0 Å². The first-order chi connectivity index (χ1) is 11.5. The highest BCUT2D eigenvalue weighted by atomic mass is 35.5. The Morgan fingerprint density at radius 1 is 1.25 bits per heavy atom. The maximum atomic E-state index is 11.6. The predicted molar refractivity (Wildman–Crippen MR) is 95.2 cm³/mol. The fourth-order valence-corrected chi connectivity index (χ4v) is 3.10. The lowest BCUT2D eigenvalue weighted by molar-refractivity contribution is -0.141. The second-order valence-electron chi connectivity index (χ2n) is 5.14. The molecule has 7 heteroatoms. The SMILES string of the molecule is COC(=O)Cn1cc2c(-c3ccc(OC)cc3Cl)cccn2c1=S. The zero-order valence-corrected chi connectivity index (χ0v) is 14.7. The highest BCUT2D eigenvalue weighted by Crippen LogP contribution is 2.33. The Labute approximate surface area is 149 Å². The minimum atomic E-state index is -0.356. The number of hydrogen-bond acceptors (Lipinski definition) is 4. The number of pyridine rings is 1. The molecule has 0 saturated carbocycles. The lowest BCUT2D eigenvalue weighted by Crippen LogP contribution is -2.10. The molecule has 2 heterocycles. The standard InChI is InChI=1S/C17H15ClN2O3S/c1-22-11-5-6-12(14(18)8-11)13-4-3-7-20-15(13)9-19(17(20)24)10-16(21)23-2/h3-9H,10H2,1-2H3. The van der Waals surface area contributed by atoms with E-state index < -0.39 is 0 Å². The number of aromatic nitrogens is 2. The smallest absolute Gasteiger partial charge is 0.325 e. The molecule has 0 aliphatic heterocycles. The van der Waals surface area contributed by atoms with Gasteiger partial charge in [-0.05, 0) is 36.5 Å². The van der Waals surface area contributed by atoms with Crippen molar-refractivity contribution in [1.29, 1.82) is 0 Å². The van der Waals surface area contributed by atoms with Crippen molar-refractivity contribution in [1.82, 2.24) is 8.97 Å². The molecule has 0 fully saturated rings. The van der Waals surface area contributed by atoms with Crippen LogP contribution in [0.25, 0.3) is 16.6 Å². The molecule has 0 spiro atoms. The van der Waals surface area contributed by atoms with Crippen LogP contribution in [0.1, 0.15) is 0 Å². The van der Waals surface area contributed by atoms with Gasteiger partial charge in [0.15, 0.2) is 4.77 Å². The van der Waals surface area contributed by atoms with Crippen LogP contribution in [0.15, 0.2) is 42.7 Å². The molecule has 2 aromatic heterocycles. The quantitative estimate of drug-likeness (QED) is 0.520. The average Bonchev–Trinajstić information content (AvgIpc) is 2.91. The van der Waals surface area contributed by atoms with Crippen LogP contribution < -0.4 is 4.74 Å². The largest absolute Gasteiger partial charge is 0.497 e. The summed E-state index contributed by atoms with van der Waals surface area (Å²) >= 11 is 11.8. The molecule has 0 atom stereocenters. The summed E-state index contributed by atoms with van der Waals surface area (Å²) in [5.74, 6) is 0.335. The summed E-state index contributed by atoms with van der Waals surface area (Å²) < 4.78 is 13.9. The molecule has 0 N–H and O–H groups in total. The van der Waals surface area contributed by atoms with Crippen LogP contribution in [0, 0.1) is 4.77 Å². The van der Waals surface area contributed by atoms with E-state index in [1.165, 1.54) is 7.11 Å². The van der Waals surface area contributed by atoms with Gasteiger partial charge in [-0.2, -0.15) is 0 Å². The molecule has 5 nitrogen and oxygen atoms in total. The van der Waals surface area contributed by atoms with E-state index in [4.69, 9.17) is 33.3 Å². The molecule has 0 bridgehead atoms. The maximum absolute atomic E-state index is 11.6. The number of halogens is 1. The number of carbonyl (C=O) groups is 1. The summed E-state index contributed by atoms with van der Waals surface area (Å²) in [5.41, 5.74) is 2.64. The van der Waals surface area contributed by atoms with Crippen molar-refractivity contribution in [3.05, 3.63) is 52.5 Å². The number of methoxy groups -OCH3 is 2. The third-order valence-corrected chi connectivity index (χ3v) is 4.50. The van der Waals surface area contributed by atoms with Gasteiger partial charge in [0.05, 0.1) is 24.8 Å². The number of fused-ring (bicyclic) bond motifs is 1. The van der Waals surface area contributed by atoms with Gasteiger partial charge in [-0.3, -0.25) is 9.20 Å². The zero-order chi connectivity index (χ0) is 17.3. The van der Waals surface area contributed by atoms with Crippen molar-refractivity contribution in [2.45, 2.75) is 6.54 Å². The third-order valence-electron chi connectivity index (χ3n) is 3.76. The first-order valence-corrected chi connectivity index (χ1v) is 7.95. The van der Waals surface area contributed by atoms with E-state index in [2.05, 4.69) is 0 Å². The molecule has 0 radical (unpaired) electrons. The second kappa shape index (κ2) is 6.67. The molecule has 124 valence electrons. The number of hydrogen-bond donors (Lipinski definition) is 0. The van der Waals surface area contributed by atoms with Crippen molar-refractivity contribution in [2.75, 3.05) is 14.2 Å². The van der Waals surface area contributed by atoms with Gasteiger partial charge in [-0.15, -0.1) is 0 Å². The van der Waals surface area contributed by atoms with Crippen molar-refractivity contribution >= 4 is 35.3 Å². The van der Waals surface area contributed by atoms with Gasteiger partial charge in [-0.1, -0.05) is 17.7 Å². The van der Waals surface area contributed by atoms with Crippen LogP contribution >= 0.6 is 23.8 Å². The number of benzene rings is 1. The lowest BCUT2D eigenvalue weighted by atomic mass is 10.1. The molecule has 1 aromatic carbocycles. The van der Waals surface area contributed by atoms with Crippen molar-refractivity contribution in [3.8, 4) is 16.9 Å². The molecule has 0 aliphatic carbocycles. The maximum Gasteiger partial charge on any atom is 0.325 e. The van der Waals surface area contributed by atoms with Crippen LogP contribution in [0.5, 0.6) is 5.75 Å². The predicted octanol–water partition coefficient (Wildman–Crippen LogP) is 3.97. The van der Waals surface area contributed by atoms with Crippen LogP contribution in [0.3, 0.4) is 0 Å². The number of carbonyl (C=O) groups excluding carboxylic acids is 1. The summed E-state index contributed by atoms with van der Waals surface area (Å²) in [4.78, 5) is 11.6. The van der Waals surface area contributed by atoms with Gasteiger partial charge in [0.25, 0.3) is 0 Å². The van der Waals surface area contributed by atoms with Crippen molar-refractivity contribution in [3.63, 3.8) is 0 Å². The van der Waals surface area contributed by atoms with E-state index >= 15 is 0 Å². The molecular weight excluding hydrogens is 348 g/mol. The zero-order valence-electron chi connectivity index (χ0n) is 13.2. The Morgan fingerprint density at radius 2 is 2.04 bits per heavy atom. The molecule has 0 unspecified atom stereocenters. The Bertz CT molecular complexity index is 978.